The predicted molar refractivity (Wildman–Crippen MR) is 137 cm³/mol. The monoisotopic (exact) mass is 473 g/mol. The van der Waals surface area contributed by atoms with E-state index in [9.17, 15) is 4.79 Å². The molecule has 2 fully saturated rings. The van der Waals surface area contributed by atoms with E-state index >= 15 is 0 Å². The Labute approximate surface area is 207 Å². The normalized spacial score (nSPS) is 17.5. The Hall–Kier alpha value is -3.12. The first-order chi connectivity index (χ1) is 17.1. The van der Waals surface area contributed by atoms with Crippen LogP contribution in [0.15, 0.2) is 52.9 Å². The van der Waals surface area contributed by atoms with Crippen LogP contribution in [0.25, 0.3) is 11.5 Å². The molecule has 184 valence electrons. The Balaban J connectivity index is 1.18. The number of carbonyl (C=O) groups excluding carboxylic acids is 1. The zero-order chi connectivity index (χ0) is 24.2. The first-order valence-corrected chi connectivity index (χ1v) is 12.9. The number of ether oxygens (including phenoxy) is 1. The molecule has 1 amide bonds. The Morgan fingerprint density at radius 3 is 2.31 bits per heavy atom. The van der Waals surface area contributed by atoms with Crippen LogP contribution in [0.4, 0.5) is 0 Å². The molecule has 0 radical (unpaired) electrons. The largest absolute Gasteiger partial charge is 0.487 e. The number of oxazole rings is 1. The van der Waals surface area contributed by atoms with Gasteiger partial charge in [0.15, 0.2) is 0 Å². The fourth-order valence-electron chi connectivity index (χ4n) is 5.15. The summed E-state index contributed by atoms with van der Waals surface area (Å²) in [4.78, 5) is 22.3. The molecule has 0 spiro atoms. The summed E-state index contributed by atoms with van der Waals surface area (Å²) < 4.78 is 11.8. The van der Waals surface area contributed by atoms with E-state index in [1.165, 1.54) is 37.7 Å². The summed E-state index contributed by atoms with van der Waals surface area (Å²) in [5.41, 5.74) is 3.54. The third-order valence-corrected chi connectivity index (χ3v) is 7.36. The topological polar surface area (TPSA) is 58.8 Å². The van der Waals surface area contributed by atoms with Crippen LogP contribution in [-0.4, -0.2) is 52.9 Å². The maximum Gasteiger partial charge on any atom is 0.253 e. The van der Waals surface area contributed by atoms with Crippen LogP contribution in [0.2, 0.25) is 0 Å². The van der Waals surface area contributed by atoms with Crippen molar-refractivity contribution in [2.45, 2.75) is 58.6 Å². The van der Waals surface area contributed by atoms with Crippen molar-refractivity contribution in [3.8, 4) is 17.2 Å². The molecule has 35 heavy (non-hydrogen) atoms. The van der Waals surface area contributed by atoms with Crippen LogP contribution in [-0.2, 0) is 6.61 Å². The summed E-state index contributed by atoms with van der Waals surface area (Å²) in [5.74, 6) is 2.20. The highest BCUT2D eigenvalue weighted by Gasteiger charge is 2.27. The van der Waals surface area contributed by atoms with Gasteiger partial charge >= 0.3 is 0 Å². The van der Waals surface area contributed by atoms with Crippen molar-refractivity contribution in [2.75, 3.05) is 26.2 Å². The third-order valence-electron chi connectivity index (χ3n) is 7.36. The molecule has 1 aromatic heterocycles. The number of piperazine rings is 1. The molecule has 6 nitrogen and oxygen atoms in total. The average molecular weight is 474 g/mol. The van der Waals surface area contributed by atoms with Crippen molar-refractivity contribution in [3.63, 3.8) is 0 Å². The van der Waals surface area contributed by atoms with Gasteiger partial charge in [-0.05, 0) is 63.1 Å². The highest BCUT2D eigenvalue weighted by Crippen LogP contribution is 2.26. The molecule has 0 atom stereocenters. The van der Waals surface area contributed by atoms with Crippen molar-refractivity contribution in [1.82, 2.24) is 14.8 Å². The number of hydrogen-bond acceptors (Lipinski definition) is 5. The lowest BCUT2D eigenvalue weighted by atomic mass is 9.94. The molecule has 2 aromatic carbocycles. The first-order valence-electron chi connectivity index (χ1n) is 12.9. The second kappa shape index (κ2) is 10.6. The molecular formula is C29H35N3O3. The number of rotatable bonds is 6. The van der Waals surface area contributed by atoms with E-state index in [1.54, 1.807) is 0 Å². The Morgan fingerprint density at radius 2 is 1.63 bits per heavy atom. The summed E-state index contributed by atoms with van der Waals surface area (Å²) in [5, 5.41) is 0. The Bertz CT molecular complexity index is 1120. The number of amides is 1. The smallest absolute Gasteiger partial charge is 0.253 e. The van der Waals surface area contributed by atoms with E-state index in [2.05, 4.69) is 16.8 Å². The zero-order valence-corrected chi connectivity index (χ0v) is 20.8. The first kappa shape index (κ1) is 23.6. The fourth-order valence-corrected chi connectivity index (χ4v) is 5.15. The minimum absolute atomic E-state index is 0.107. The number of aromatic nitrogens is 1. The number of carbonyl (C=O) groups is 1. The zero-order valence-electron chi connectivity index (χ0n) is 20.8. The van der Waals surface area contributed by atoms with E-state index in [-0.39, 0.29) is 5.91 Å². The van der Waals surface area contributed by atoms with Gasteiger partial charge < -0.3 is 14.1 Å². The third kappa shape index (κ3) is 5.59. The van der Waals surface area contributed by atoms with Crippen molar-refractivity contribution >= 4 is 5.91 Å². The summed E-state index contributed by atoms with van der Waals surface area (Å²) in [6, 6.07) is 16.3. The Morgan fingerprint density at radius 1 is 0.943 bits per heavy atom. The number of nitrogens with zero attached hydrogens (tertiary/aromatic N) is 3. The Kier molecular flexibility index (Phi) is 7.19. The molecule has 0 N–H and O–H groups in total. The molecule has 5 rings (SSSR count). The van der Waals surface area contributed by atoms with E-state index in [0.29, 0.717) is 18.1 Å². The summed E-state index contributed by atoms with van der Waals surface area (Å²) >= 11 is 0. The predicted octanol–water partition coefficient (Wildman–Crippen LogP) is 5.63. The van der Waals surface area contributed by atoms with Gasteiger partial charge in [-0.3, -0.25) is 9.69 Å². The molecule has 0 unspecified atom stereocenters. The number of benzene rings is 2. The molecule has 6 heteroatoms. The molecule has 3 aromatic rings. The number of hydrogen-bond donors (Lipinski definition) is 0. The highest BCUT2D eigenvalue weighted by atomic mass is 16.5. The minimum Gasteiger partial charge on any atom is -0.487 e. The van der Waals surface area contributed by atoms with Crippen LogP contribution < -0.4 is 4.74 Å². The molecule has 2 heterocycles. The van der Waals surface area contributed by atoms with Gasteiger partial charge in [0.25, 0.3) is 5.91 Å². The lowest BCUT2D eigenvalue weighted by molar-refractivity contribution is 0.0523. The highest BCUT2D eigenvalue weighted by molar-refractivity contribution is 5.94. The van der Waals surface area contributed by atoms with Crippen LogP contribution in [0, 0.1) is 13.8 Å². The standard InChI is InChI=1S/C29H35N3O3/c1-21-8-14-26(15-9-21)34-20-27-22(2)35-28(30-27)23-10-12-24(13-11-23)29(33)32-18-16-31(17-19-32)25-6-4-3-5-7-25/h8-15,25H,3-7,16-20H2,1-2H3. The molecule has 1 aliphatic heterocycles. The minimum atomic E-state index is 0.107. The van der Waals surface area contributed by atoms with Gasteiger partial charge in [0.2, 0.25) is 5.89 Å². The maximum atomic E-state index is 13.1. The van der Waals surface area contributed by atoms with E-state index in [1.807, 2.05) is 60.4 Å². The van der Waals surface area contributed by atoms with Crippen LogP contribution >= 0.6 is 0 Å². The van der Waals surface area contributed by atoms with Gasteiger partial charge in [0.05, 0.1) is 0 Å². The van der Waals surface area contributed by atoms with Gasteiger partial charge in [-0.1, -0.05) is 37.0 Å². The lowest BCUT2D eigenvalue weighted by Gasteiger charge is -2.40. The molecule has 1 saturated carbocycles. The molecular weight excluding hydrogens is 438 g/mol. The van der Waals surface area contributed by atoms with Crippen LogP contribution in [0.5, 0.6) is 5.75 Å². The summed E-state index contributed by atoms with van der Waals surface area (Å²) in [6.45, 7) is 7.88. The molecule has 1 aliphatic carbocycles. The van der Waals surface area contributed by atoms with E-state index in [4.69, 9.17) is 9.15 Å². The lowest BCUT2D eigenvalue weighted by Crippen LogP contribution is -2.52. The van der Waals surface area contributed by atoms with Crippen molar-refractivity contribution in [3.05, 3.63) is 71.1 Å². The van der Waals surface area contributed by atoms with Crippen molar-refractivity contribution in [1.29, 1.82) is 0 Å². The fraction of sp³-hybridized carbons (Fsp3) is 0.448. The van der Waals surface area contributed by atoms with Gasteiger partial charge in [0.1, 0.15) is 23.8 Å². The van der Waals surface area contributed by atoms with Crippen molar-refractivity contribution in [2.24, 2.45) is 0 Å². The van der Waals surface area contributed by atoms with Crippen LogP contribution in [0.1, 0.15) is 59.5 Å². The second-order valence-corrected chi connectivity index (χ2v) is 9.82. The van der Waals surface area contributed by atoms with Crippen molar-refractivity contribution < 1.29 is 13.9 Å². The second-order valence-electron chi connectivity index (χ2n) is 9.82. The van der Waals surface area contributed by atoms with Gasteiger partial charge in [-0.25, -0.2) is 4.98 Å². The SMILES string of the molecule is Cc1ccc(OCc2nc(-c3ccc(C(=O)N4CCN(C5CCCCC5)CC4)cc3)oc2C)cc1. The maximum absolute atomic E-state index is 13.1. The average Bonchev–Trinajstić information content (AvgIpc) is 3.29. The van der Waals surface area contributed by atoms with E-state index < -0.39 is 0 Å². The van der Waals surface area contributed by atoms with Gasteiger partial charge in [-0.2, -0.15) is 0 Å². The summed E-state index contributed by atoms with van der Waals surface area (Å²) in [7, 11) is 0. The molecule has 1 saturated heterocycles. The van der Waals surface area contributed by atoms with E-state index in [0.717, 1.165) is 55.0 Å². The number of aryl methyl sites for hydroxylation is 2. The summed E-state index contributed by atoms with van der Waals surface area (Å²) in [6.07, 6.45) is 6.70. The van der Waals surface area contributed by atoms with Gasteiger partial charge in [0, 0.05) is 43.3 Å². The molecule has 2 aliphatic rings. The quantitative estimate of drug-likeness (QED) is 0.465. The molecule has 0 bridgehead atoms. The van der Waals surface area contributed by atoms with Crippen LogP contribution in [0.3, 0.4) is 0 Å². The van der Waals surface area contributed by atoms with Gasteiger partial charge in [-0.15, -0.1) is 0 Å².